The minimum absolute atomic E-state index is 0.701. The number of hydrogen-bond donors (Lipinski definition) is 1. The molecule has 0 bridgehead atoms. The SMILES string of the molecule is COCCNCc1cc(C)ccc1Oc1ccccc1Br. The van der Waals surface area contributed by atoms with Crippen LogP contribution >= 0.6 is 15.9 Å². The number of hydrogen-bond acceptors (Lipinski definition) is 3. The standard InChI is InChI=1S/C17H20BrNO2/c1-13-7-8-16(14(11-13)12-19-9-10-20-2)21-17-6-4-3-5-15(17)18/h3-8,11,19H,9-10,12H2,1-2H3. The summed E-state index contributed by atoms with van der Waals surface area (Å²) in [7, 11) is 1.70. The molecule has 0 saturated heterocycles. The minimum Gasteiger partial charge on any atom is -0.456 e. The van der Waals surface area contributed by atoms with E-state index in [2.05, 4.69) is 40.3 Å². The second kappa shape index (κ2) is 8.17. The monoisotopic (exact) mass is 349 g/mol. The first-order valence-electron chi connectivity index (χ1n) is 6.92. The van der Waals surface area contributed by atoms with E-state index in [0.29, 0.717) is 6.61 Å². The van der Waals surface area contributed by atoms with Crippen molar-refractivity contribution in [2.24, 2.45) is 0 Å². The van der Waals surface area contributed by atoms with E-state index in [9.17, 15) is 0 Å². The van der Waals surface area contributed by atoms with Gasteiger partial charge >= 0.3 is 0 Å². The molecule has 0 spiro atoms. The number of rotatable bonds is 7. The second-order valence-electron chi connectivity index (χ2n) is 4.81. The summed E-state index contributed by atoms with van der Waals surface area (Å²) >= 11 is 3.51. The highest BCUT2D eigenvalue weighted by molar-refractivity contribution is 9.10. The van der Waals surface area contributed by atoms with Gasteiger partial charge in [0.05, 0.1) is 11.1 Å². The van der Waals surface area contributed by atoms with Gasteiger partial charge in [-0.1, -0.05) is 29.8 Å². The summed E-state index contributed by atoms with van der Waals surface area (Å²) in [5, 5.41) is 3.35. The molecule has 4 heteroatoms. The van der Waals surface area contributed by atoms with Crippen molar-refractivity contribution in [3.8, 4) is 11.5 Å². The Balaban J connectivity index is 2.13. The molecule has 112 valence electrons. The number of methoxy groups -OCH3 is 1. The minimum atomic E-state index is 0.701. The molecule has 0 aliphatic heterocycles. The van der Waals surface area contributed by atoms with Gasteiger partial charge < -0.3 is 14.8 Å². The number of aryl methyl sites for hydroxylation is 1. The Labute approximate surface area is 134 Å². The second-order valence-corrected chi connectivity index (χ2v) is 5.67. The van der Waals surface area contributed by atoms with Crippen molar-refractivity contribution in [3.63, 3.8) is 0 Å². The highest BCUT2D eigenvalue weighted by atomic mass is 79.9. The van der Waals surface area contributed by atoms with E-state index in [1.165, 1.54) is 5.56 Å². The van der Waals surface area contributed by atoms with E-state index in [1.54, 1.807) is 7.11 Å². The van der Waals surface area contributed by atoms with Crippen molar-refractivity contribution in [1.82, 2.24) is 5.32 Å². The summed E-state index contributed by atoms with van der Waals surface area (Å²) in [6.45, 7) is 4.36. The molecule has 0 heterocycles. The highest BCUT2D eigenvalue weighted by Crippen LogP contribution is 2.31. The first kappa shape index (κ1) is 16.0. The van der Waals surface area contributed by atoms with E-state index in [-0.39, 0.29) is 0 Å². The van der Waals surface area contributed by atoms with Crippen LogP contribution in [0.25, 0.3) is 0 Å². The van der Waals surface area contributed by atoms with Crippen LogP contribution < -0.4 is 10.1 Å². The molecular weight excluding hydrogens is 330 g/mol. The summed E-state index contributed by atoms with van der Waals surface area (Å²) in [6, 6.07) is 14.1. The van der Waals surface area contributed by atoms with Crippen LogP contribution in [0.15, 0.2) is 46.9 Å². The molecule has 0 amide bonds. The fraction of sp³-hybridized carbons (Fsp3) is 0.294. The fourth-order valence-electron chi connectivity index (χ4n) is 1.99. The van der Waals surface area contributed by atoms with Gasteiger partial charge in [-0.15, -0.1) is 0 Å². The average molecular weight is 350 g/mol. The van der Waals surface area contributed by atoms with E-state index in [4.69, 9.17) is 9.47 Å². The number of ether oxygens (including phenoxy) is 2. The van der Waals surface area contributed by atoms with Gasteiger partial charge in [-0.3, -0.25) is 0 Å². The van der Waals surface area contributed by atoms with Crippen LogP contribution in [0.1, 0.15) is 11.1 Å². The topological polar surface area (TPSA) is 30.5 Å². The Morgan fingerprint density at radius 3 is 2.67 bits per heavy atom. The number of benzene rings is 2. The third kappa shape index (κ3) is 4.84. The first-order valence-corrected chi connectivity index (χ1v) is 7.71. The quantitative estimate of drug-likeness (QED) is 0.756. The maximum absolute atomic E-state index is 6.03. The van der Waals surface area contributed by atoms with Gasteiger partial charge in [0.2, 0.25) is 0 Å². The molecule has 2 aromatic rings. The Bertz CT molecular complexity index is 587. The maximum Gasteiger partial charge on any atom is 0.141 e. The van der Waals surface area contributed by atoms with Gasteiger partial charge in [0.15, 0.2) is 0 Å². The van der Waals surface area contributed by atoms with Crippen molar-refractivity contribution in [1.29, 1.82) is 0 Å². The summed E-state index contributed by atoms with van der Waals surface area (Å²) in [5.41, 5.74) is 2.36. The molecule has 21 heavy (non-hydrogen) atoms. The smallest absolute Gasteiger partial charge is 0.141 e. The zero-order valence-corrected chi connectivity index (χ0v) is 13.9. The van der Waals surface area contributed by atoms with Gasteiger partial charge in [0, 0.05) is 25.8 Å². The van der Waals surface area contributed by atoms with Crippen molar-refractivity contribution < 1.29 is 9.47 Å². The van der Waals surface area contributed by atoms with E-state index in [1.807, 2.05) is 30.3 Å². The molecule has 0 aromatic heterocycles. The molecule has 0 fully saturated rings. The average Bonchev–Trinajstić information content (AvgIpc) is 2.48. The zero-order valence-electron chi connectivity index (χ0n) is 12.4. The van der Waals surface area contributed by atoms with E-state index < -0.39 is 0 Å². The van der Waals surface area contributed by atoms with Crippen molar-refractivity contribution in [3.05, 3.63) is 58.1 Å². The van der Waals surface area contributed by atoms with E-state index in [0.717, 1.165) is 34.6 Å². The Morgan fingerprint density at radius 1 is 1.10 bits per heavy atom. The van der Waals surface area contributed by atoms with E-state index >= 15 is 0 Å². The molecule has 0 aliphatic carbocycles. The van der Waals surface area contributed by atoms with Crippen molar-refractivity contribution in [2.45, 2.75) is 13.5 Å². The summed E-state index contributed by atoms with van der Waals surface area (Å²) in [4.78, 5) is 0. The number of halogens is 1. The molecule has 1 N–H and O–H groups in total. The third-order valence-corrected chi connectivity index (χ3v) is 3.73. The lowest BCUT2D eigenvalue weighted by Gasteiger charge is -2.14. The Kier molecular flexibility index (Phi) is 6.23. The van der Waals surface area contributed by atoms with Crippen LogP contribution in [0.5, 0.6) is 11.5 Å². The van der Waals surface area contributed by atoms with Crippen molar-refractivity contribution in [2.75, 3.05) is 20.3 Å². The molecule has 0 unspecified atom stereocenters. The highest BCUT2D eigenvalue weighted by Gasteiger charge is 2.07. The molecule has 2 rings (SSSR count). The Morgan fingerprint density at radius 2 is 1.90 bits per heavy atom. The normalized spacial score (nSPS) is 10.6. The summed E-state index contributed by atoms with van der Waals surface area (Å²) < 4.78 is 12.0. The van der Waals surface area contributed by atoms with Crippen LogP contribution in [0, 0.1) is 6.92 Å². The lowest BCUT2D eigenvalue weighted by molar-refractivity contribution is 0.199. The van der Waals surface area contributed by atoms with Crippen LogP contribution in [0.3, 0.4) is 0 Å². The van der Waals surface area contributed by atoms with Crippen LogP contribution in [0.2, 0.25) is 0 Å². The largest absolute Gasteiger partial charge is 0.456 e. The van der Waals surface area contributed by atoms with Crippen LogP contribution in [-0.2, 0) is 11.3 Å². The molecule has 0 saturated carbocycles. The van der Waals surface area contributed by atoms with Gasteiger partial charge in [-0.25, -0.2) is 0 Å². The zero-order chi connectivity index (χ0) is 15.1. The summed E-state index contributed by atoms with van der Waals surface area (Å²) in [6.07, 6.45) is 0. The molecule has 2 aromatic carbocycles. The summed E-state index contributed by atoms with van der Waals surface area (Å²) in [5.74, 6) is 1.69. The third-order valence-electron chi connectivity index (χ3n) is 3.07. The predicted molar refractivity (Wildman–Crippen MR) is 89.0 cm³/mol. The predicted octanol–water partition coefficient (Wildman–Crippen LogP) is 4.29. The lowest BCUT2D eigenvalue weighted by Crippen LogP contribution is -2.18. The first-order chi connectivity index (χ1) is 10.2. The molecule has 0 aliphatic rings. The Hall–Kier alpha value is -1.36. The van der Waals surface area contributed by atoms with Gasteiger partial charge in [0.25, 0.3) is 0 Å². The van der Waals surface area contributed by atoms with Crippen LogP contribution in [0.4, 0.5) is 0 Å². The van der Waals surface area contributed by atoms with Gasteiger partial charge in [-0.2, -0.15) is 0 Å². The molecular formula is C17H20BrNO2. The molecule has 0 radical (unpaired) electrons. The van der Waals surface area contributed by atoms with Crippen molar-refractivity contribution >= 4 is 15.9 Å². The molecule has 0 atom stereocenters. The van der Waals surface area contributed by atoms with Gasteiger partial charge in [-0.05, 0) is 41.1 Å². The van der Waals surface area contributed by atoms with Crippen LogP contribution in [-0.4, -0.2) is 20.3 Å². The molecule has 3 nitrogen and oxygen atoms in total. The lowest BCUT2D eigenvalue weighted by atomic mass is 10.1. The fourth-order valence-corrected chi connectivity index (χ4v) is 2.35. The van der Waals surface area contributed by atoms with Gasteiger partial charge in [0.1, 0.15) is 11.5 Å². The number of nitrogens with one attached hydrogen (secondary N) is 1. The maximum atomic E-state index is 6.03. The number of para-hydroxylation sites is 1.